The molecule has 1 nitrogen and oxygen atoms in total. The van der Waals surface area contributed by atoms with Crippen LogP contribution in [0.15, 0.2) is 486 Å². The Labute approximate surface area is 857 Å². The molecule has 125 heavy (non-hydrogen) atoms. The van der Waals surface area contributed by atoms with Crippen molar-refractivity contribution in [2.45, 2.75) is 6.42 Å². The van der Waals surface area contributed by atoms with Gasteiger partial charge in [-0.05, 0) is 222 Å². The first kappa shape index (κ1) is 98.5. The van der Waals surface area contributed by atoms with Gasteiger partial charge in [0.1, 0.15) is 0 Å². The van der Waals surface area contributed by atoms with E-state index in [1.807, 2.05) is 133 Å². The van der Waals surface area contributed by atoms with Gasteiger partial charge in [-0.3, -0.25) is 0 Å². The van der Waals surface area contributed by atoms with E-state index in [1.165, 1.54) is 91.2 Å². The van der Waals surface area contributed by atoms with Crippen molar-refractivity contribution in [3.63, 3.8) is 0 Å². The first-order valence-corrected chi connectivity index (χ1v) is 61.8. The van der Waals surface area contributed by atoms with Gasteiger partial charge in [0.15, 0.2) is 16.1 Å². The second-order valence-electron chi connectivity index (χ2n) is 28.1. The molecule has 0 N–H and O–H groups in total. The maximum absolute atomic E-state index is 5.73. The lowest BCUT2D eigenvalue weighted by Crippen LogP contribution is -2.75. The number of aromatic nitrogens is 1. The van der Waals surface area contributed by atoms with Gasteiger partial charge >= 0.3 is 12.0 Å². The molecule has 19 rings (SSSR count). The fourth-order valence-electron chi connectivity index (χ4n) is 14.8. The van der Waals surface area contributed by atoms with Crippen molar-refractivity contribution in [3.8, 4) is 16.8 Å². The molecule has 0 amide bonds. The van der Waals surface area contributed by atoms with Crippen LogP contribution in [0.25, 0.3) is 38.6 Å². The maximum atomic E-state index is 5.73. The fourth-order valence-corrected chi connectivity index (χ4v) is 36.0. The van der Waals surface area contributed by atoms with E-state index in [9.17, 15) is 0 Å². The van der Waals surface area contributed by atoms with E-state index in [-0.39, 0.29) is 0 Å². The van der Waals surface area contributed by atoms with Gasteiger partial charge < -0.3 is 4.57 Å². The Balaban J connectivity index is 0.000000144. The second kappa shape index (κ2) is 48.0. The average molecular weight is 2530 g/mol. The molecule has 0 fully saturated rings. The lowest BCUT2D eigenvalue weighted by Gasteiger charge is -2.36. The van der Waals surface area contributed by atoms with Gasteiger partial charge in [0.2, 0.25) is 0 Å². The summed E-state index contributed by atoms with van der Waals surface area (Å²) in [7, 11) is -5.32. The number of fused-ring (bicyclic) bond motifs is 6. The van der Waals surface area contributed by atoms with Crippen LogP contribution in [-0.2, 0) is 6.42 Å². The number of para-hydroxylation sites is 2. The quantitative estimate of drug-likeness (QED) is 0.0691. The second-order valence-corrected chi connectivity index (χ2v) is 62.1. The highest BCUT2D eigenvalue weighted by Crippen LogP contribution is 2.37. The Hall–Kier alpha value is -5.57. The minimum absolute atomic E-state index is 0.833. The Morgan fingerprint density at radius 3 is 0.744 bits per heavy atom. The molecule has 0 bridgehead atoms. The topological polar surface area (TPSA) is 4.93 Å². The zero-order chi connectivity index (χ0) is 88.5. The van der Waals surface area contributed by atoms with Crippen molar-refractivity contribution in [1.29, 1.82) is 0 Å². The van der Waals surface area contributed by atoms with Crippen LogP contribution >= 0.6 is 242 Å². The summed E-state index contributed by atoms with van der Waals surface area (Å²) in [5.74, 6) is 0. The van der Waals surface area contributed by atoms with Gasteiger partial charge in [0.25, 0.3) is 0 Å². The third-order valence-corrected chi connectivity index (χ3v) is 44.4. The van der Waals surface area contributed by atoms with Gasteiger partial charge in [-0.25, -0.2) is 0 Å². The summed E-state index contributed by atoms with van der Waals surface area (Å²) in [4.78, 5) is 0. The largest absolute Gasteiger partial charge is 0.372 e. The molecule has 626 valence electrons. The molecule has 0 spiro atoms. The third-order valence-electron chi connectivity index (χ3n) is 20.2. The third kappa shape index (κ3) is 25.8. The van der Waals surface area contributed by atoms with E-state index >= 15 is 0 Å². The SMILES string of the molecule is Brc1cccc(Br)c1.Brc1cccc(Br)c1.Brc1cccc([Si](c2ccccc2)(c2ccccc2Br)c2ccccc2Br)c1.Brc1ccccc1Br.Brc1ccccc1[Si](c1ccccc1)(c1cccc(-n2c3ccccc3c3ccccc32)c1)c1ccccc1Br.Cl[Si](Cl)(Cl)c1ccccc1.Cl[Si](Cl)(Cl)c1ccccc1.c1ccc2c(c1)Cc1ccccc1-2. The number of nitrogens with zero attached hydrogens (tertiary/aromatic N) is 1. The molecule has 22 heteroatoms. The first-order chi connectivity index (χ1) is 60.4. The number of benzene rings is 17. The maximum Gasteiger partial charge on any atom is 0.372 e. The summed E-state index contributed by atoms with van der Waals surface area (Å²) in [6.45, 7) is 0. The predicted octanol–water partition coefficient (Wildman–Crippen LogP) is 31.0. The lowest BCUT2D eigenvalue weighted by molar-refractivity contribution is 1.18. The zero-order valence-electron chi connectivity index (χ0n) is 66.1. The zero-order valence-corrected chi connectivity index (χ0v) is 92.1. The summed E-state index contributed by atoms with van der Waals surface area (Å²) in [5, 5.41) is 14.9. The number of hydrogen-bond donors (Lipinski definition) is 0. The van der Waals surface area contributed by atoms with Crippen LogP contribution in [-0.4, -0.2) is 32.7 Å². The standard InChI is InChI=1S/C36H25Br2NSi.C24H17Br3Si.C13H10.3C6H4Br2.2C6H5Cl3Si/c37-31-19-6-10-23-35(31)40(27-14-2-1-3-15-27,36-24-11-7-20-32(36)38)28-16-12-13-26(25-28)39-33-21-8-4-17-29(33)30-18-5-9-22-34(30)39;25-18-9-8-12-20(17-18)28(19-10-2-1-3-11-19,23-15-6-4-13-21(23)26)24-16-7-5-14-22(24)27;1-3-7-12-10(5-1)9-11-6-2-4-8-13(11)12;2*7-5-2-1-3-6(8)4-5;7-5-3-1-2-4-6(5)8;2*7-10(8,9)6-4-2-1-3-5-6/h1-25H;1-17H;1-8H,9H2;3*1-4H;2*1-5H. The first-order valence-electron chi connectivity index (χ1n) is 39.0. The molecule has 0 unspecified atom stereocenters. The highest BCUT2D eigenvalue weighted by molar-refractivity contribution is 9.13. The van der Waals surface area contributed by atoms with Crippen LogP contribution in [0.5, 0.6) is 0 Å². The van der Waals surface area contributed by atoms with Gasteiger partial charge in [-0.1, -0.05) is 471 Å². The van der Waals surface area contributed by atoms with Gasteiger partial charge in [-0.15, -0.1) is 66.5 Å². The van der Waals surface area contributed by atoms with E-state index in [4.69, 9.17) is 66.5 Å². The molecule has 17 aromatic carbocycles. The van der Waals surface area contributed by atoms with Gasteiger partial charge in [0, 0.05) is 65.7 Å². The van der Waals surface area contributed by atoms with Gasteiger partial charge in [-0.2, -0.15) is 0 Å². The van der Waals surface area contributed by atoms with Crippen LogP contribution in [0, 0.1) is 0 Å². The molecule has 0 aliphatic heterocycles. The molecule has 1 aliphatic rings. The van der Waals surface area contributed by atoms with Crippen molar-refractivity contribution in [2.24, 2.45) is 0 Å². The smallest absolute Gasteiger partial charge is 0.309 e. The number of rotatable bonds is 11. The van der Waals surface area contributed by atoms with E-state index in [1.54, 1.807) is 0 Å². The van der Waals surface area contributed by atoms with Crippen LogP contribution in [0.2, 0.25) is 0 Å². The molecular weight excluding hydrogens is 2460 g/mol. The van der Waals surface area contributed by atoms with Crippen LogP contribution in [0.3, 0.4) is 0 Å². The molecule has 1 heterocycles. The summed E-state index contributed by atoms with van der Waals surface area (Å²) in [6, 6.07) is 147. The van der Waals surface area contributed by atoms with E-state index in [0.29, 0.717) is 0 Å². The molecule has 0 atom stereocenters. The average Bonchev–Trinajstić information content (AvgIpc) is 1.71. The molecular formula is C103H74Br11Cl6NSi4. The summed E-state index contributed by atoms with van der Waals surface area (Å²) >= 11 is 73.8. The van der Waals surface area contributed by atoms with Crippen molar-refractivity contribution < 1.29 is 0 Å². The minimum atomic E-state index is -2.78. The van der Waals surface area contributed by atoms with Crippen LogP contribution < -0.4 is 51.9 Å². The minimum Gasteiger partial charge on any atom is -0.309 e. The highest BCUT2D eigenvalue weighted by atomic mass is 79.9. The predicted molar refractivity (Wildman–Crippen MR) is 592 cm³/mol. The molecule has 1 aliphatic carbocycles. The Morgan fingerprint density at radius 2 is 0.448 bits per heavy atom. The Bertz CT molecular complexity index is 6240. The van der Waals surface area contributed by atoms with Crippen molar-refractivity contribution in [2.75, 3.05) is 0 Å². The van der Waals surface area contributed by atoms with Gasteiger partial charge in [0.05, 0.1) is 11.0 Å². The normalized spacial score (nSPS) is 11.2. The Kier molecular flexibility index (Phi) is 37.8. The molecule has 0 radical (unpaired) electrons. The summed E-state index contributed by atoms with van der Waals surface area (Å²) in [6.07, 6.45) is 1.10. The summed E-state index contributed by atoms with van der Waals surface area (Å²) < 4.78 is 14.7. The fraction of sp³-hybridized carbons (Fsp3) is 0.00971. The molecule has 1 aromatic heterocycles. The molecule has 0 saturated carbocycles. The summed E-state index contributed by atoms with van der Waals surface area (Å²) in [5.41, 5.74) is 9.36. The van der Waals surface area contributed by atoms with E-state index < -0.39 is 28.2 Å². The molecule has 18 aromatic rings. The van der Waals surface area contributed by atoms with E-state index in [0.717, 1.165) is 66.0 Å². The lowest BCUT2D eigenvalue weighted by atomic mass is 10.1. The van der Waals surface area contributed by atoms with Crippen molar-refractivity contribution in [1.82, 2.24) is 4.57 Å². The monoisotopic (exact) mass is 2510 g/mol. The van der Waals surface area contributed by atoms with Crippen LogP contribution in [0.1, 0.15) is 11.1 Å². The molecule has 0 saturated heterocycles. The number of hydrogen-bond acceptors (Lipinski definition) is 0. The highest BCUT2D eigenvalue weighted by Gasteiger charge is 2.46. The van der Waals surface area contributed by atoms with Crippen molar-refractivity contribution in [3.05, 3.63) is 497 Å². The van der Waals surface area contributed by atoms with Crippen molar-refractivity contribution >= 4 is 344 Å². The number of halogens is 17. The Morgan fingerprint density at radius 1 is 0.200 bits per heavy atom. The van der Waals surface area contributed by atoms with Crippen LogP contribution in [0.4, 0.5) is 0 Å². The van der Waals surface area contributed by atoms with E-state index in [2.05, 4.69) is 483 Å².